The zero-order valence-corrected chi connectivity index (χ0v) is 27.9. The fraction of sp³-hybridized carbons (Fsp3) is 0.486. The lowest BCUT2D eigenvalue weighted by Gasteiger charge is -2.39. The van der Waals surface area contributed by atoms with Crippen LogP contribution in [0.15, 0.2) is 41.3 Å². The standard InChI is InChI=1S/C35H41F2N7O6/c1-21(45)32(38)31-20-44(35(49)50-31)23-4-5-28(26(36)16-23)41-12-8-39(9-13-41)6-7-40-10-14-42(15-11-40)30-18-29-24(17-27(30)37)33(46)25(34(47)48)19-43(29)22-2-3-22/h4-5,16-19,22,31-32H,2-3,6-15,20,38H2,1H3,(H,47,48). The fourth-order valence-electron chi connectivity index (χ4n) is 7.18. The molecule has 7 rings (SSSR count). The van der Waals surface area contributed by atoms with Gasteiger partial charge in [0, 0.05) is 83.1 Å². The zero-order chi connectivity index (χ0) is 35.3. The smallest absolute Gasteiger partial charge is 0.414 e. The number of aromatic nitrogens is 1. The third kappa shape index (κ3) is 6.64. The number of ether oxygens (including phenoxy) is 1. The highest BCUT2D eigenvalue weighted by Gasteiger charge is 2.38. The normalized spacial score (nSPS) is 21.2. The molecule has 15 heteroatoms. The average molecular weight is 694 g/mol. The molecule has 4 heterocycles. The van der Waals surface area contributed by atoms with Gasteiger partial charge >= 0.3 is 12.1 Å². The van der Waals surface area contributed by atoms with Crippen molar-refractivity contribution in [2.75, 3.05) is 86.7 Å². The molecule has 50 heavy (non-hydrogen) atoms. The number of carboxylic acid groups (broad SMARTS) is 1. The zero-order valence-electron chi connectivity index (χ0n) is 27.9. The van der Waals surface area contributed by atoms with Gasteiger partial charge in [-0.1, -0.05) is 0 Å². The lowest BCUT2D eigenvalue weighted by Crippen LogP contribution is -2.51. The van der Waals surface area contributed by atoms with Gasteiger partial charge in [0.2, 0.25) is 5.43 Å². The van der Waals surface area contributed by atoms with E-state index in [2.05, 4.69) is 9.80 Å². The molecule has 4 fully saturated rings. The molecule has 4 aliphatic rings. The average Bonchev–Trinajstić information content (AvgIpc) is 3.87. The number of amides is 1. The number of anilines is 3. The monoisotopic (exact) mass is 693 g/mol. The highest BCUT2D eigenvalue weighted by atomic mass is 19.1. The number of benzene rings is 2. The van der Waals surface area contributed by atoms with Gasteiger partial charge in [-0.2, -0.15) is 0 Å². The Morgan fingerprint density at radius 1 is 0.900 bits per heavy atom. The van der Waals surface area contributed by atoms with Crippen molar-refractivity contribution in [3.63, 3.8) is 0 Å². The van der Waals surface area contributed by atoms with E-state index in [-0.39, 0.29) is 29.3 Å². The van der Waals surface area contributed by atoms with Gasteiger partial charge in [-0.3, -0.25) is 24.3 Å². The number of fused-ring (bicyclic) bond motifs is 1. The van der Waals surface area contributed by atoms with E-state index in [1.165, 1.54) is 30.2 Å². The molecule has 0 radical (unpaired) electrons. The van der Waals surface area contributed by atoms with Gasteiger partial charge in [-0.05, 0) is 50.1 Å². The maximum atomic E-state index is 15.4. The topological polar surface area (TPSA) is 145 Å². The largest absolute Gasteiger partial charge is 0.477 e. The van der Waals surface area contributed by atoms with E-state index in [1.807, 2.05) is 14.4 Å². The number of hydrogen-bond donors (Lipinski definition) is 2. The van der Waals surface area contributed by atoms with Crippen molar-refractivity contribution in [2.24, 2.45) is 5.73 Å². The van der Waals surface area contributed by atoms with Crippen LogP contribution in [0.1, 0.15) is 36.2 Å². The molecule has 1 aliphatic carbocycles. The number of rotatable bonds is 10. The van der Waals surface area contributed by atoms with E-state index < -0.39 is 41.3 Å². The highest BCUT2D eigenvalue weighted by molar-refractivity contribution is 5.94. The highest BCUT2D eigenvalue weighted by Crippen LogP contribution is 2.38. The third-order valence-electron chi connectivity index (χ3n) is 10.4. The minimum Gasteiger partial charge on any atom is -0.477 e. The summed E-state index contributed by atoms with van der Waals surface area (Å²) in [5.74, 6) is -2.57. The van der Waals surface area contributed by atoms with Crippen LogP contribution in [0, 0.1) is 11.6 Å². The Morgan fingerprint density at radius 2 is 1.50 bits per heavy atom. The second kappa shape index (κ2) is 13.6. The van der Waals surface area contributed by atoms with Gasteiger partial charge in [0.05, 0.1) is 29.1 Å². The van der Waals surface area contributed by atoms with Crippen molar-refractivity contribution >= 4 is 45.8 Å². The first-order chi connectivity index (χ1) is 24.0. The van der Waals surface area contributed by atoms with Crippen molar-refractivity contribution in [1.82, 2.24) is 14.4 Å². The molecule has 3 N–H and O–H groups in total. The number of carboxylic acids is 1. The van der Waals surface area contributed by atoms with Crippen LogP contribution in [0.2, 0.25) is 0 Å². The van der Waals surface area contributed by atoms with E-state index >= 15 is 8.78 Å². The SMILES string of the molecule is CC(=O)C(N)C1CN(c2ccc(N3CCN(CCN4CCN(c5cc6c(cc5F)c(=O)c(C(=O)O)cn6C5CC5)CC4)CC3)c(F)c2)C(=O)O1. The van der Waals surface area contributed by atoms with Crippen molar-refractivity contribution < 1.29 is 33.0 Å². The number of halogens is 2. The number of piperazine rings is 2. The van der Waals surface area contributed by atoms with Crippen LogP contribution in [0.5, 0.6) is 0 Å². The van der Waals surface area contributed by atoms with E-state index in [0.717, 1.165) is 52.1 Å². The number of aromatic carboxylic acids is 1. The Balaban J connectivity index is 0.907. The van der Waals surface area contributed by atoms with Crippen LogP contribution in [-0.4, -0.2) is 121 Å². The quantitative estimate of drug-likeness (QED) is 0.323. The summed E-state index contributed by atoms with van der Waals surface area (Å²) in [7, 11) is 0. The molecule has 3 saturated heterocycles. The molecule has 266 valence electrons. The van der Waals surface area contributed by atoms with Crippen LogP contribution >= 0.6 is 0 Å². The molecule has 2 atom stereocenters. The Labute approximate surface area is 287 Å². The second-order valence-corrected chi connectivity index (χ2v) is 13.6. The molecule has 1 saturated carbocycles. The first-order valence-corrected chi connectivity index (χ1v) is 17.1. The number of ketones is 1. The summed E-state index contributed by atoms with van der Waals surface area (Å²) in [5, 5.41) is 9.61. The molecule has 0 spiro atoms. The summed E-state index contributed by atoms with van der Waals surface area (Å²) < 4.78 is 37.7. The van der Waals surface area contributed by atoms with E-state index in [9.17, 15) is 24.3 Å². The molecule has 1 amide bonds. The number of hydrogen-bond acceptors (Lipinski definition) is 10. The second-order valence-electron chi connectivity index (χ2n) is 13.6. The van der Waals surface area contributed by atoms with E-state index in [1.54, 1.807) is 18.2 Å². The molecular formula is C35H41F2N7O6. The minimum absolute atomic E-state index is 0.0764. The number of nitrogens with zero attached hydrogens (tertiary/aromatic N) is 6. The van der Waals surface area contributed by atoms with Crippen LogP contribution in [0.3, 0.4) is 0 Å². The Kier molecular flexibility index (Phi) is 9.22. The summed E-state index contributed by atoms with van der Waals surface area (Å²) in [6.45, 7) is 8.64. The van der Waals surface area contributed by atoms with E-state index in [4.69, 9.17) is 10.5 Å². The third-order valence-corrected chi connectivity index (χ3v) is 10.4. The van der Waals surface area contributed by atoms with Crippen LogP contribution in [-0.2, 0) is 9.53 Å². The van der Waals surface area contributed by atoms with Crippen LogP contribution in [0.25, 0.3) is 10.9 Å². The Hall–Kier alpha value is -4.60. The molecule has 2 aromatic carbocycles. The van der Waals surface area contributed by atoms with Crippen LogP contribution in [0.4, 0.5) is 30.6 Å². The number of cyclic esters (lactones) is 1. The molecule has 13 nitrogen and oxygen atoms in total. The summed E-state index contributed by atoms with van der Waals surface area (Å²) in [6, 6.07) is 6.74. The van der Waals surface area contributed by atoms with E-state index in [0.29, 0.717) is 48.8 Å². The van der Waals surface area contributed by atoms with Crippen molar-refractivity contribution in [1.29, 1.82) is 0 Å². The molecule has 2 unspecified atom stereocenters. The lowest BCUT2D eigenvalue weighted by atomic mass is 10.1. The summed E-state index contributed by atoms with van der Waals surface area (Å²) >= 11 is 0. The Bertz CT molecular complexity index is 1890. The number of Topliss-reactive ketones (excluding diaryl/α,β-unsaturated/α-hetero) is 1. The maximum Gasteiger partial charge on any atom is 0.414 e. The maximum absolute atomic E-state index is 15.4. The summed E-state index contributed by atoms with van der Waals surface area (Å²) in [4.78, 5) is 58.5. The molecule has 3 aliphatic heterocycles. The first kappa shape index (κ1) is 33.9. The fourth-order valence-corrected chi connectivity index (χ4v) is 7.18. The van der Waals surface area contributed by atoms with Crippen molar-refractivity contribution in [2.45, 2.75) is 38.0 Å². The summed E-state index contributed by atoms with van der Waals surface area (Å²) in [5.41, 5.74) is 6.65. The predicted molar refractivity (Wildman–Crippen MR) is 183 cm³/mol. The van der Waals surface area contributed by atoms with Gasteiger partial charge in [-0.15, -0.1) is 0 Å². The molecule has 1 aromatic heterocycles. The molecule has 3 aromatic rings. The predicted octanol–water partition coefficient (Wildman–Crippen LogP) is 2.50. The number of pyridine rings is 1. The van der Waals surface area contributed by atoms with Crippen LogP contribution < -0.4 is 25.9 Å². The molecular weight excluding hydrogens is 652 g/mol. The van der Waals surface area contributed by atoms with Gasteiger partial charge in [0.15, 0.2) is 0 Å². The van der Waals surface area contributed by atoms with Crippen molar-refractivity contribution in [3.8, 4) is 0 Å². The molecule has 0 bridgehead atoms. The minimum atomic E-state index is -1.31. The Morgan fingerprint density at radius 3 is 2.06 bits per heavy atom. The van der Waals surface area contributed by atoms with Gasteiger partial charge < -0.3 is 29.9 Å². The first-order valence-electron chi connectivity index (χ1n) is 17.1. The van der Waals surface area contributed by atoms with Gasteiger partial charge in [0.1, 0.15) is 35.1 Å². The van der Waals surface area contributed by atoms with Gasteiger partial charge in [0.25, 0.3) is 0 Å². The number of carbonyl (C=O) groups is 3. The number of carbonyl (C=O) groups excluding carboxylic acids is 2. The number of nitrogens with two attached hydrogens (primary N) is 1. The lowest BCUT2D eigenvalue weighted by molar-refractivity contribution is -0.120. The summed E-state index contributed by atoms with van der Waals surface area (Å²) in [6.07, 6.45) is 1.74. The van der Waals surface area contributed by atoms with Crippen molar-refractivity contribution in [3.05, 3.63) is 63.9 Å². The van der Waals surface area contributed by atoms with Gasteiger partial charge in [-0.25, -0.2) is 18.4 Å².